The third-order valence-corrected chi connectivity index (χ3v) is 4.06. The fourth-order valence-corrected chi connectivity index (χ4v) is 2.56. The van der Waals surface area contributed by atoms with E-state index in [1.807, 2.05) is 0 Å². The Morgan fingerprint density at radius 3 is 2.57 bits per heavy atom. The van der Waals surface area contributed by atoms with E-state index in [9.17, 15) is 28.5 Å². The lowest BCUT2D eigenvalue weighted by Gasteiger charge is -2.07. The zero-order valence-corrected chi connectivity index (χ0v) is 14.6. The van der Waals surface area contributed by atoms with Crippen LogP contribution in [0, 0.1) is 10.1 Å². The van der Waals surface area contributed by atoms with Gasteiger partial charge < -0.3 is 15.3 Å². The summed E-state index contributed by atoms with van der Waals surface area (Å²) in [6.45, 7) is -0.116. The zero-order chi connectivity index (χ0) is 20.5. The fourth-order valence-electron chi connectivity index (χ4n) is 2.37. The summed E-state index contributed by atoms with van der Waals surface area (Å²) in [5.74, 6) is -0.827. The van der Waals surface area contributed by atoms with E-state index in [4.69, 9.17) is 11.6 Å². The van der Waals surface area contributed by atoms with Gasteiger partial charge in [0.1, 0.15) is 5.69 Å². The maximum atomic E-state index is 12.9. The molecule has 3 aromatic rings. The molecule has 0 aliphatic rings. The molecule has 0 amide bonds. The van der Waals surface area contributed by atoms with Gasteiger partial charge in [-0.05, 0) is 39.5 Å². The molecule has 0 aliphatic carbocycles. The van der Waals surface area contributed by atoms with Crippen LogP contribution in [0.5, 0.6) is 0 Å². The summed E-state index contributed by atoms with van der Waals surface area (Å²) in [5, 5.41) is 25.5. The SMILES string of the molecule is O=[N+]([O-])c1nn(-c2cccc(C(F)(F)F)c2)n(O)c1=NCc1ccccc1Cl. The number of nitrogens with zero attached hydrogens (tertiary/aromatic N) is 5. The van der Waals surface area contributed by atoms with Crippen LogP contribution in [-0.4, -0.2) is 24.9 Å². The molecule has 0 radical (unpaired) electrons. The number of hydrogen-bond donors (Lipinski definition) is 1. The van der Waals surface area contributed by atoms with Crippen molar-refractivity contribution in [2.75, 3.05) is 0 Å². The second-order valence-electron chi connectivity index (χ2n) is 5.54. The minimum atomic E-state index is -4.63. The number of benzene rings is 2. The summed E-state index contributed by atoms with van der Waals surface area (Å²) in [7, 11) is 0. The van der Waals surface area contributed by atoms with Gasteiger partial charge in [-0.15, -0.1) is 0 Å². The van der Waals surface area contributed by atoms with E-state index in [0.29, 0.717) is 21.4 Å². The summed E-state index contributed by atoms with van der Waals surface area (Å²) < 4.78 is 38.7. The van der Waals surface area contributed by atoms with Gasteiger partial charge >= 0.3 is 12.0 Å². The van der Waals surface area contributed by atoms with Crippen molar-refractivity contribution in [3.63, 3.8) is 0 Å². The first-order chi connectivity index (χ1) is 13.2. The highest BCUT2D eigenvalue weighted by atomic mass is 35.5. The van der Waals surface area contributed by atoms with E-state index >= 15 is 0 Å². The van der Waals surface area contributed by atoms with Crippen molar-refractivity contribution in [1.82, 2.24) is 14.7 Å². The third kappa shape index (κ3) is 3.83. The van der Waals surface area contributed by atoms with E-state index in [1.54, 1.807) is 24.3 Å². The molecule has 3 rings (SSSR count). The molecule has 12 heteroatoms. The van der Waals surface area contributed by atoms with Crippen LogP contribution in [-0.2, 0) is 12.7 Å². The lowest BCUT2D eigenvalue weighted by molar-refractivity contribution is -0.391. The van der Waals surface area contributed by atoms with Gasteiger partial charge in [-0.3, -0.25) is 4.99 Å². The lowest BCUT2D eigenvalue weighted by atomic mass is 10.2. The number of halogens is 4. The maximum Gasteiger partial charge on any atom is 0.438 e. The van der Waals surface area contributed by atoms with Gasteiger partial charge in [0, 0.05) is 5.02 Å². The molecule has 0 fully saturated rings. The number of nitro groups is 1. The molecule has 1 heterocycles. The van der Waals surface area contributed by atoms with Gasteiger partial charge in [0.25, 0.3) is 5.49 Å². The lowest BCUT2D eigenvalue weighted by Crippen LogP contribution is -2.22. The summed E-state index contributed by atoms with van der Waals surface area (Å²) in [6.07, 6.45) is -4.63. The normalized spacial score (nSPS) is 12.4. The number of hydrogen-bond acceptors (Lipinski definition) is 5. The van der Waals surface area contributed by atoms with Gasteiger partial charge in [-0.25, -0.2) is 0 Å². The molecular formula is C16H11ClF3N5O3. The smallest absolute Gasteiger partial charge is 0.409 e. The van der Waals surface area contributed by atoms with E-state index in [1.165, 1.54) is 6.07 Å². The van der Waals surface area contributed by atoms with Crippen molar-refractivity contribution in [2.45, 2.75) is 12.7 Å². The van der Waals surface area contributed by atoms with Crippen molar-refractivity contribution in [3.05, 3.63) is 80.3 Å². The molecular weight excluding hydrogens is 403 g/mol. The Balaban J connectivity index is 2.11. The predicted molar refractivity (Wildman–Crippen MR) is 91.1 cm³/mol. The Labute approximate surface area is 159 Å². The molecule has 1 aromatic heterocycles. The molecule has 0 saturated carbocycles. The molecule has 0 spiro atoms. The third-order valence-electron chi connectivity index (χ3n) is 3.69. The summed E-state index contributed by atoms with van der Waals surface area (Å²) in [4.78, 5) is 15.1. The Morgan fingerprint density at radius 1 is 1.21 bits per heavy atom. The Hall–Kier alpha value is -3.34. The van der Waals surface area contributed by atoms with E-state index in [2.05, 4.69) is 10.1 Å². The van der Waals surface area contributed by atoms with Gasteiger partial charge in [0.2, 0.25) is 0 Å². The van der Waals surface area contributed by atoms with Crippen LogP contribution < -0.4 is 5.49 Å². The molecule has 1 N–H and O–H groups in total. The topological polar surface area (TPSA) is 98.5 Å². The maximum absolute atomic E-state index is 12.9. The second-order valence-corrected chi connectivity index (χ2v) is 5.95. The van der Waals surface area contributed by atoms with Crippen LogP contribution in [0.3, 0.4) is 0 Å². The first kappa shape index (κ1) is 19.4. The quantitative estimate of drug-likeness (QED) is 0.401. The van der Waals surface area contributed by atoms with Crippen molar-refractivity contribution in [2.24, 2.45) is 4.99 Å². The molecule has 28 heavy (non-hydrogen) atoms. The summed E-state index contributed by atoms with van der Waals surface area (Å²) >= 11 is 6.00. The Kier molecular flexibility index (Phi) is 5.10. The van der Waals surface area contributed by atoms with Gasteiger partial charge in [-0.2, -0.15) is 13.2 Å². The monoisotopic (exact) mass is 413 g/mol. The average molecular weight is 414 g/mol. The molecule has 146 valence electrons. The van der Waals surface area contributed by atoms with E-state index in [-0.39, 0.29) is 17.1 Å². The molecule has 0 atom stereocenters. The highest BCUT2D eigenvalue weighted by molar-refractivity contribution is 6.31. The first-order valence-corrected chi connectivity index (χ1v) is 8.04. The molecule has 8 nitrogen and oxygen atoms in total. The minimum absolute atomic E-state index is 0.116. The zero-order valence-electron chi connectivity index (χ0n) is 13.8. The van der Waals surface area contributed by atoms with Crippen LogP contribution >= 0.6 is 11.6 Å². The van der Waals surface area contributed by atoms with Crippen LogP contribution in [0.2, 0.25) is 5.02 Å². The number of rotatable bonds is 4. The average Bonchev–Trinajstić information content (AvgIpc) is 2.97. The van der Waals surface area contributed by atoms with Crippen molar-refractivity contribution in [1.29, 1.82) is 0 Å². The van der Waals surface area contributed by atoms with Gasteiger partial charge in [0.15, 0.2) is 0 Å². The van der Waals surface area contributed by atoms with Crippen molar-refractivity contribution >= 4 is 17.4 Å². The number of alkyl halides is 3. The van der Waals surface area contributed by atoms with Gasteiger partial charge in [-0.1, -0.05) is 40.7 Å². The molecule has 0 aliphatic heterocycles. The van der Waals surface area contributed by atoms with E-state index in [0.717, 1.165) is 12.1 Å². The predicted octanol–water partition coefficient (Wildman–Crippen LogP) is 3.59. The van der Waals surface area contributed by atoms with E-state index < -0.39 is 28.0 Å². The van der Waals surface area contributed by atoms with Crippen LogP contribution in [0.25, 0.3) is 5.69 Å². The minimum Gasteiger partial charge on any atom is -0.409 e. The Morgan fingerprint density at radius 2 is 1.93 bits per heavy atom. The second kappa shape index (κ2) is 7.35. The molecule has 0 saturated heterocycles. The highest BCUT2D eigenvalue weighted by Crippen LogP contribution is 2.30. The standard InChI is InChI=1S/C16H11ClF3N5O3/c17-13-7-2-1-4-10(13)9-21-14-15(25(27)28)22-23(24(14)26)12-6-3-5-11(8-12)16(18,19)20/h1-8,26H,9H2. The van der Waals surface area contributed by atoms with Crippen LogP contribution in [0.15, 0.2) is 53.5 Å². The Bertz CT molecular complexity index is 1110. The summed E-state index contributed by atoms with van der Waals surface area (Å²) in [5.41, 5.74) is -1.25. The molecule has 0 unspecified atom stereocenters. The first-order valence-electron chi connectivity index (χ1n) is 7.66. The highest BCUT2D eigenvalue weighted by Gasteiger charge is 2.32. The molecule has 2 aromatic carbocycles. The van der Waals surface area contributed by atoms with Crippen molar-refractivity contribution < 1.29 is 23.3 Å². The number of aromatic nitrogens is 3. The van der Waals surface area contributed by atoms with Crippen LogP contribution in [0.4, 0.5) is 19.0 Å². The summed E-state index contributed by atoms with van der Waals surface area (Å²) in [6, 6.07) is 10.4. The van der Waals surface area contributed by atoms with Crippen LogP contribution in [0.1, 0.15) is 11.1 Å². The molecule has 0 bridgehead atoms. The van der Waals surface area contributed by atoms with Gasteiger partial charge in [0.05, 0.1) is 17.2 Å². The fraction of sp³-hybridized carbons (Fsp3) is 0.125. The largest absolute Gasteiger partial charge is 0.438 e. The van der Waals surface area contributed by atoms with Crippen molar-refractivity contribution in [3.8, 4) is 5.69 Å².